The number of nitrogens with zero attached hydrogens (tertiary/aromatic N) is 1. The molecule has 0 aliphatic carbocycles. The first-order valence-electron chi connectivity index (χ1n) is 6.60. The molecule has 0 amide bonds. The molecule has 0 saturated carbocycles. The van der Waals surface area contributed by atoms with E-state index in [-0.39, 0.29) is 6.61 Å². The van der Waals surface area contributed by atoms with Gasteiger partial charge < -0.3 is 9.84 Å². The Morgan fingerprint density at radius 3 is 2.58 bits per heavy atom. The zero-order chi connectivity index (χ0) is 14.0. The lowest BCUT2D eigenvalue weighted by Gasteiger charge is -2.33. The first kappa shape index (κ1) is 14.0. The van der Waals surface area contributed by atoms with E-state index in [1.165, 1.54) is 22.3 Å². The fraction of sp³-hybridized carbons (Fsp3) is 0.533. The molecule has 104 valence electrons. The van der Waals surface area contributed by atoms with Gasteiger partial charge >= 0.3 is 5.97 Å². The van der Waals surface area contributed by atoms with Gasteiger partial charge in [-0.15, -0.1) is 0 Å². The Bertz CT molecular complexity index is 461. The summed E-state index contributed by atoms with van der Waals surface area (Å²) in [4.78, 5) is 13.3. The Morgan fingerprint density at radius 2 is 2.00 bits per heavy atom. The Hall–Kier alpha value is -1.39. The van der Waals surface area contributed by atoms with Crippen molar-refractivity contribution in [2.45, 2.75) is 33.4 Å². The molecule has 1 unspecified atom stereocenters. The van der Waals surface area contributed by atoms with Crippen LogP contribution in [0.3, 0.4) is 0 Å². The molecule has 1 saturated heterocycles. The summed E-state index contributed by atoms with van der Waals surface area (Å²) in [6.45, 7) is 8.49. The highest BCUT2D eigenvalue weighted by molar-refractivity contribution is 5.73. The van der Waals surface area contributed by atoms with E-state index < -0.39 is 12.0 Å². The highest BCUT2D eigenvalue weighted by atomic mass is 16.5. The highest BCUT2D eigenvalue weighted by Gasteiger charge is 2.29. The van der Waals surface area contributed by atoms with Crippen molar-refractivity contribution in [1.82, 2.24) is 4.90 Å². The number of aliphatic carboxylic acids is 1. The van der Waals surface area contributed by atoms with Crippen LogP contribution in [0.5, 0.6) is 0 Å². The van der Waals surface area contributed by atoms with E-state index in [0.717, 1.165) is 0 Å². The number of benzene rings is 1. The van der Waals surface area contributed by atoms with Crippen molar-refractivity contribution in [2.24, 2.45) is 0 Å². The minimum absolute atomic E-state index is 0.277. The van der Waals surface area contributed by atoms with Crippen molar-refractivity contribution in [1.29, 1.82) is 0 Å². The lowest BCUT2D eigenvalue weighted by Crippen LogP contribution is -2.49. The highest BCUT2D eigenvalue weighted by Crippen LogP contribution is 2.20. The monoisotopic (exact) mass is 263 g/mol. The van der Waals surface area contributed by atoms with E-state index in [2.05, 4.69) is 32.9 Å². The molecule has 1 heterocycles. The summed E-state index contributed by atoms with van der Waals surface area (Å²) in [5, 5.41) is 9.25. The molecule has 4 nitrogen and oxygen atoms in total. The number of carbonyl (C=O) groups is 1. The molecule has 1 aliphatic heterocycles. The van der Waals surface area contributed by atoms with Crippen LogP contribution < -0.4 is 0 Å². The normalized spacial score (nSPS) is 20.5. The Balaban J connectivity index is 2.22. The molecule has 0 aromatic heterocycles. The molecule has 1 atom stereocenters. The molecular weight excluding hydrogens is 242 g/mol. The van der Waals surface area contributed by atoms with Crippen LogP contribution in [0, 0.1) is 20.8 Å². The second-order valence-corrected chi connectivity index (χ2v) is 5.28. The second kappa shape index (κ2) is 5.72. The Kier molecular flexibility index (Phi) is 4.22. The average molecular weight is 263 g/mol. The largest absolute Gasteiger partial charge is 0.480 e. The van der Waals surface area contributed by atoms with Crippen molar-refractivity contribution >= 4 is 5.97 Å². The van der Waals surface area contributed by atoms with E-state index in [0.29, 0.717) is 19.7 Å². The third-order valence-corrected chi connectivity index (χ3v) is 3.73. The van der Waals surface area contributed by atoms with E-state index in [1.54, 1.807) is 0 Å². The number of hydrogen-bond donors (Lipinski definition) is 1. The molecule has 0 radical (unpaired) electrons. The van der Waals surface area contributed by atoms with Gasteiger partial charge in [0.25, 0.3) is 0 Å². The average Bonchev–Trinajstić information content (AvgIpc) is 2.34. The number of ether oxygens (including phenoxy) is 1. The first-order valence-corrected chi connectivity index (χ1v) is 6.60. The van der Waals surface area contributed by atoms with Gasteiger partial charge in [-0.2, -0.15) is 0 Å². The number of morpholine rings is 1. The van der Waals surface area contributed by atoms with E-state index in [4.69, 9.17) is 4.74 Å². The number of aryl methyl sites for hydroxylation is 3. The molecular formula is C15H21NO3. The van der Waals surface area contributed by atoms with E-state index in [9.17, 15) is 9.90 Å². The summed E-state index contributed by atoms with van der Waals surface area (Å²) in [7, 11) is 0. The molecule has 0 spiro atoms. The van der Waals surface area contributed by atoms with Crippen LogP contribution in [-0.2, 0) is 16.1 Å². The predicted molar refractivity (Wildman–Crippen MR) is 73.3 cm³/mol. The van der Waals surface area contributed by atoms with Crippen LogP contribution in [0.2, 0.25) is 0 Å². The van der Waals surface area contributed by atoms with Gasteiger partial charge in [-0.1, -0.05) is 17.7 Å². The summed E-state index contributed by atoms with van der Waals surface area (Å²) < 4.78 is 5.27. The van der Waals surface area contributed by atoms with Crippen LogP contribution in [0.25, 0.3) is 0 Å². The van der Waals surface area contributed by atoms with Crippen molar-refractivity contribution in [2.75, 3.05) is 19.8 Å². The molecule has 2 rings (SSSR count). The van der Waals surface area contributed by atoms with Gasteiger partial charge in [0.15, 0.2) is 0 Å². The molecule has 4 heteroatoms. The summed E-state index contributed by atoms with van der Waals surface area (Å²) in [6.07, 6.45) is 0. The van der Waals surface area contributed by atoms with Gasteiger partial charge in [0.1, 0.15) is 6.04 Å². The van der Waals surface area contributed by atoms with E-state index in [1.807, 2.05) is 4.90 Å². The summed E-state index contributed by atoms with van der Waals surface area (Å²) in [6, 6.07) is 3.77. The van der Waals surface area contributed by atoms with Crippen LogP contribution in [0.4, 0.5) is 0 Å². The predicted octanol–water partition coefficient (Wildman–Crippen LogP) is 1.90. The zero-order valence-corrected chi connectivity index (χ0v) is 11.8. The molecule has 1 aromatic carbocycles. The van der Waals surface area contributed by atoms with Crippen molar-refractivity contribution < 1.29 is 14.6 Å². The first-order chi connectivity index (χ1) is 8.99. The lowest BCUT2D eigenvalue weighted by atomic mass is 9.99. The third-order valence-electron chi connectivity index (χ3n) is 3.73. The molecule has 1 fully saturated rings. The standard InChI is InChI=1S/C15H21NO3/c1-10-6-11(2)13(12(3)7-10)8-16-4-5-19-9-14(16)15(17)18/h6-7,14H,4-5,8-9H2,1-3H3,(H,17,18). The third kappa shape index (κ3) is 3.14. The van der Waals surface area contributed by atoms with Gasteiger partial charge in [0, 0.05) is 13.1 Å². The smallest absolute Gasteiger partial charge is 0.323 e. The van der Waals surface area contributed by atoms with Gasteiger partial charge in [-0.3, -0.25) is 9.69 Å². The van der Waals surface area contributed by atoms with Crippen molar-refractivity contribution in [3.8, 4) is 0 Å². The minimum Gasteiger partial charge on any atom is -0.480 e. The van der Waals surface area contributed by atoms with Gasteiger partial charge in [0.2, 0.25) is 0 Å². The fourth-order valence-electron chi connectivity index (χ4n) is 2.72. The summed E-state index contributed by atoms with van der Waals surface area (Å²) >= 11 is 0. The summed E-state index contributed by atoms with van der Waals surface area (Å²) in [5.41, 5.74) is 4.94. The minimum atomic E-state index is -0.804. The second-order valence-electron chi connectivity index (χ2n) is 5.28. The maximum absolute atomic E-state index is 11.3. The number of carboxylic acids is 1. The number of carboxylic acid groups (broad SMARTS) is 1. The molecule has 0 bridgehead atoms. The quantitative estimate of drug-likeness (QED) is 0.905. The number of rotatable bonds is 3. The van der Waals surface area contributed by atoms with Crippen LogP contribution in [0.1, 0.15) is 22.3 Å². The zero-order valence-electron chi connectivity index (χ0n) is 11.8. The molecule has 19 heavy (non-hydrogen) atoms. The van der Waals surface area contributed by atoms with Gasteiger partial charge in [-0.05, 0) is 37.5 Å². The topological polar surface area (TPSA) is 49.8 Å². The maximum Gasteiger partial charge on any atom is 0.323 e. The van der Waals surface area contributed by atoms with Gasteiger partial charge in [0.05, 0.1) is 13.2 Å². The molecule has 1 N–H and O–H groups in total. The fourth-order valence-corrected chi connectivity index (χ4v) is 2.72. The number of hydrogen-bond acceptors (Lipinski definition) is 3. The lowest BCUT2D eigenvalue weighted by molar-refractivity contribution is -0.150. The Labute approximate surface area is 114 Å². The SMILES string of the molecule is Cc1cc(C)c(CN2CCOCC2C(=O)O)c(C)c1. The molecule has 1 aromatic rings. The van der Waals surface area contributed by atoms with Crippen LogP contribution in [0.15, 0.2) is 12.1 Å². The summed E-state index contributed by atoms with van der Waals surface area (Å²) in [5.74, 6) is -0.804. The van der Waals surface area contributed by atoms with Crippen molar-refractivity contribution in [3.63, 3.8) is 0 Å². The van der Waals surface area contributed by atoms with Gasteiger partial charge in [-0.25, -0.2) is 0 Å². The Morgan fingerprint density at radius 1 is 1.37 bits per heavy atom. The van der Waals surface area contributed by atoms with Crippen LogP contribution >= 0.6 is 0 Å². The maximum atomic E-state index is 11.3. The molecule has 1 aliphatic rings. The van der Waals surface area contributed by atoms with Crippen molar-refractivity contribution in [3.05, 3.63) is 34.4 Å². The van der Waals surface area contributed by atoms with Crippen LogP contribution in [-0.4, -0.2) is 41.8 Å². The van der Waals surface area contributed by atoms with E-state index >= 15 is 0 Å².